The number of methoxy groups -OCH3 is 1. The van der Waals surface area contributed by atoms with Crippen molar-refractivity contribution < 1.29 is 4.74 Å². The molecule has 0 radical (unpaired) electrons. The van der Waals surface area contributed by atoms with Gasteiger partial charge in [0.1, 0.15) is 0 Å². The van der Waals surface area contributed by atoms with E-state index in [-0.39, 0.29) is 6.04 Å². The van der Waals surface area contributed by atoms with Gasteiger partial charge < -0.3 is 10.5 Å². The maximum atomic E-state index is 5.63. The fourth-order valence-corrected chi connectivity index (χ4v) is 1.11. The van der Waals surface area contributed by atoms with Crippen LogP contribution in [0.1, 0.15) is 6.42 Å². The molecule has 0 bridgehead atoms. The highest BCUT2D eigenvalue weighted by molar-refractivity contribution is 7.98. The van der Waals surface area contributed by atoms with Gasteiger partial charge in [-0.3, -0.25) is 0 Å². The van der Waals surface area contributed by atoms with Crippen LogP contribution in [0.5, 0.6) is 0 Å². The van der Waals surface area contributed by atoms with Gasteiger partial charge in [-0.05, 0) is 18.4 Å². The lowest BCUT2D eigenvalue weighted by Gasteiger charge is -2.07. The Morgan fingerprint density at radius 2 is 2.33 bits per heavy atom. The zero-order chi connectivity index (χ0) is 7.11. The molecule has 0 fully saturated rings. The summed E-state index contributed by atoms with van der Waals surface area (Å²) in [6, 6.07) is 0.224. The minimum atomic E-state index is 0.224. The van der Waals surface area contributed by atoms with E-state index in [1.54, 1.807) is 7.11 Å². The van der Waals surface area contributed by atoms with Gasteiger partial charge in [0.05, 0.1) is 6.61 Å². The molecule has 0 saturated heterocycles. The average Bonchev–Trinajstić information content (AvgIpc) is 1.85. The molecule has 56 valence electrons. The van der Waals surface area contributed by atoms with E-state index in [9.17, 15) is 0 Å². The number of ether oxygens (including phenoxy) is 1. The van der Waals surface area contributed by atoms with E-state index >= 15 is 0 Å². The summed E-state index contributed by atoms with van der Waals surface area (Å²) >= 11 is 1.82. The van der Waals surface area contributed by atoms with Crippen molar-refractivity contribution in [3.8, 4) is 0 Å². The van der Waals surface area contributed by atoms with Gasteiger partial charge in [0, 0.05) is 13.2 Å². The summed E-state index contributed by atoms with van der Waals surface area (Å²) < 4.78 is 4.87. The standard InChI is InChI=1S/C6H15NOS/c1-8-5-6(7)3-4-9-2/h6H,3-5,7H2,1-2H3. The Morgan fingerprint density at radius 1 is 1.67 bits per heavy atom. The van der Waals surface area contributed by atoms with Crippen molar-refractivity contribution >= 4 is 11.8 Å². The first-order valence-electron chi connectivity index (χ1n) is 3.04. The van der Waals surface area contributed by atoms with Crippen LogP contribution in [0.3, 0.4) is 0 Å². The van der Waals surface area contributed by atoms with Crippen molar-refractivity contribution in [2.75, 3.05) is 25.7 Å². The van der Waals surface area contributed by atoms with Crippen molar-refractivity contribution in [3.05, 3.63) is 0 Å². The number of thioether (sulfide) groups is 1. The van der Waals surface area contributed by atoms with Crippen LogP contribution in [0, 0.1) is 0 Å². The van der Waals surface area contributed by atoms with E-state index in [0.717, 1.165) is 12.2 Å². The van der Waals surface area contributed by atoms with Crippen molar-refractivity contribution in [1.82, 2.24) is 0 Å². The van der Waals surface area contributed by atoms with Gasteiger partial charge in [0.15, 0.2) is 0 Å². The molecule has 9 heavy (non-hydrogen) atoms. The fraction of sp³-hybridized carbons (Fsp3) is 1.00. The molecule has 0 aliphatic rings. The summed E-state index contributed by atoms with van der Waals surface area (Å²) in [6.45, 7) is 0.681. The summed E-state index contributed by atoms with van der Waals surface area (Å²) in [5.74, 6) is 1.13. The number of hydrogen-bond acceptors (Lipinski definition) is 3. The highest BCUT2D eigenvalue weighted by atomic mass is 32.2. The lowest BCUT2D eigenvalue weighted by Crippen LogP contribution is -2.25. The Hall–Kier alpha value is 0.270. The molecule has 0 amide bonds. The van der Waals surface area contributed by atoms with Crippen LogP contribution in [0.25, 0.3) is 0 Å². The summed E-state index contributed by atoms with van der Waals surface area (Å²) in [7, 11) is 1.68. The number of hydrogen-bond donors (Lipinski definition) is 1. The molecule has 0 aromatic carbocycles. The lowest BCUT2D eigenvalue weighted by molar-refractivity contribution is 0.179. The van der Waals surface area contributed by atoms with Crippen molar-refractivity contribution in [1.29, 1.82) is 0 Å². The molecule has 1 unspecified atom stereocenters. The molecule has 0 aliphatic carbocycles. The molecule has 0 aromatic heterocycles. The van der Waals surface area contributed by atoms with Crippen LogP contribution in [0.4, 0.5) is 0 Å². The molecule has 0 heterocycles. The van der Waals surface area contributed by atoms with Gasteiger partial charge in [0.2, 0.25) is 0 Å². The van der Waals surface area contributed by atoms with Gasteiger partial charge in [-0.1, -0.05) is 0 Å². The van der Waals surface area contributed by atoms with Crippen LogP contribution < -0.4 is 5.73 Å². The maximum Gasteiger partial charge on any atom is 0.0614 e. The van der Waals surface area contributed by atoms with Gasteiger partial charge >= 0.3 is 0 Å². The largest absolute Gasteiger partial charge is 0.383 e. The van der Waals surface area contributed by atoms with Crippen molar-refractivity contribution in [2.24, 2.45) is 5.73 Å². The first-order valence-corrected chi connectivity index (χ1v) is 4.44. The molecule has 2 nitrogen and oxygen atoms in total. The summed E-state index contributed by atoms with van der Waals surface area (Å²) in [5, 5.41) is 0. The van der Waals surface area contributed by atoms with Crippen molar-refractivity contribution in [3.63, 3.8) is 0 Å². The third-order valence-corrected chi connectivity index (χ3v) is 1.72. The third-order valence-electron chi connectivity index (χ3n) is 1.07. The van der Waals surface area contributed by atoms with E-state index in [0.29, 0.717) is 6.61 Å². The van der Waals surface area contributed by atoms with E-state index < -0.39 is 0 Å². The van der Waals surface area contributed by atoms with Crippen LogP contribution in [0.2, 0.25) is 0 Å². The molecule has 0 spiro atoms. The topological polar surface area (TPSA) is 35.2 Å². The van der Waals surface area contributed by atoms with Gasteiger partial charge in [-0.2, -0.15) is 11.8 Å². The van der Waals surface area contributed by atoms with Crippen LogP contribution in [-0.2, 0) is 4.74 Å². The Balaban J connectivity index is 2.95. The molecule has 0 saturated carbocycles. The van der Waals surface area contributed by atoms with E-state index in [1.807, 2.05) is 11.8 Å². The number of rotatable bonds is 5. The summed E-state index contributed by atoms with van der Waals surface area (Å²) in [4.78, 5) is 0. The predicted octanol–water partition coefficient (Wildman–Crippen LogP) is 0.713. The maximum absolute atomic E-state index is 5.63. The SMILES string of the molecule is COCC(N)CCSC. The zero-order valence-electron chi connectivity index (χ0n) is 6.09. The highest BCUT2D eigenvalue weighted by Gasteiger charge is 1.98. The monoisotopic (exact) mass is 149 g/mol. The molecule has 0 aromatic rings. The lowest BCUT2D eigenvalue weighted by atomic mass is 10.3. The van der Waals surface area contributed by atoms with Gasteiger partial charge in [0.25, 0.3) is 0 Å². The molecular formula is C6H15NOS. The van der Waals surface area contributed by atoms with Gasteiger partial charge in [-0.15, -0.1) is 0 Å². The van der Waals surface area contributed by atoms with E-state index in [4.69, 9.17) is 10.5 Å². The van der Waals surface area contributed by atoms with Crippen molar-refractivity contribution in [2.45, 2.75) is 12.5 Å². The minimum absolute atomic E-state index is 0.224. The van der Waals surface area contributed by atoms with Crippen LogP contribution in [0.15, 0.2) is 0 Å². The summed E-state index contributed by atoms with van der Waals surface area (Å²) in [5.41, 5.74) is 5.63. The fourth-order valence-electron chi connectivity index (χ4n) is 0.567. The van der Waals surface area contributed by atoms with Crippen LogP contribution in [-0.4, -0.2) is 31.8 Å². The minimum Gasteiger partial charge on any atom is -0.383 e. The second-order valence-corrected chi connectivity index (χ2v) is 2.98. The highest BCUT2D eigenvalue weighted by Crippen LogP contribution is 1.97. The molecule has 3 heteroatoms. The second kappa shape index (κ2) is 6.39. The Morgan fingerprint density at radius 3 is 2.78 bits per heavy atom. The first kappa shape index (κ1) is 9.27. The quantitative estimate of drug-likeness (QED) is 0.625. The molecule has 2 N–H and O–H groups in total. The Labute approximate surface area is 61.1 Å². The zero-order valence-corrected chi connectivity index (χ0v) is 6.91. The average molecular weight is 149 g/mol. The number of nitrogens with two attached hydrogens (primary N) is 1. The second-order valence-electron chi connectivity index (χ2n) is 2.00. The molecule has 1 atom stereocenters. The Kier molecular flexibility index (Phi) is 6.58. The Bertz CT molecular complexity index is 61.0. The predicted molar refractivity (Wildman–Crippen MR) is 42.9 cm³/mol. The normalized spacial score (nSPS) is 13.7. The third kappa shape index (κ3) is 6.15. The van der Waals surface area contributed by atoms with Crippen LogP contribution >= 0.6 is 11.8 Å². The first-order chi connectivity index (χ1) is 4.31. The van der Waals surface area contributed by atoms with E-state index in [2.05, 4.69) is 6.26 Å². The van der Waals surface area contributed by atoms with E-state index in [1.165, 1.54) is 0 Å². The molecule has 0 rings (SSSR count). The summed E-state index contributed by atoms with van der Waals surface area (Å²) in [6.07, 6.45) is 3.13. The van der Waals surface area contributed by atoms with Gasteiger partial charge in [-0.25, -0.2) is 0 Å². The smallest absolute Gasteiger partial charge is 0.0614 e. The molecule has 0 aliphatic heterocycles. The molecular weight excluding hydrogens is 134 g/mol.